The summed E-state index contributed by atoms with van der Waals surface area (Å²) in [7, 11) is 0. The van der Waals surface area contributed by atoms with E-state index in [9.17, 15) is 0 Å². The highest BCUT2D eigenvalue weighted by atomic mass is 16.3. The van der Waals surface area contributed by atoms with Crippen LogP contribution in [0, 0.1) is 0 Å². The van der Waals surface area contributed by atoms with Crippen LogP contribution in [0.4, 0.5) is 17.1 Å². The Morgan fingerprint density at radius 2 is 1.22 bits per heavy atom. The Balaban J connectivity index is 1.30. The average molecular weight is 578 g/mol. The van der Waals surface area contributed by atoms with Gasteiger partial charge in [-0.25, -0.2) is 0 Å². The molecule has 2 nitrogen and oxygen atoms in total. The maximum absolute atomic E-state index is 6.30. The molecule has 7 aromatic carbocycles. The number of hydrogen-bond donors (Lipinski definition) is 0. The number of fused-ring (bicyclic) bond motifs is 7. The van der Waals surface area contributed by atoms with E-state index in [-0.39, 0.29) is 5.41 Å². The monoisotopic (exact) mass is 577 g/mol. The van der Waals surface area contributed by atoms with E-state index < -0.39 is 0 Å². The lowest BCUT2D eigenvalue weighted by atomic mass is 9.82. The molecule has 1 heterocycles. The Kier molecular flexibility index (Phi) is 5.58. The molecule has 0 aliphatic heterocycles. The van der Waals surface area contributed by atoms with Crippen molar-refractivity contribution in [1.29, 1.82) is 0 Å². The summed E-state index contributed by atoms with van der Waals surface area (Å²) in [4.78, 5) is 2.44. The Morgan fingerprint density at radius 3 is 2.13 bits per heavy atom. The maximum Gasteiger partial charge on any atom is 0.136 e. The second kappa shape index (κ2) is 9.70. The minimum Gasteiger partial charge on any atom is -0.456 e. The molecule has 0 bridgehead atoms. The number of rotatable bonds is 4. The third-order valence-corrected chi connectivity index (χ3v) is 9.62. The molecule has 2 heteroatoms. The molecule has 0 saturated carbocycles. The van der Waals surface area contributed by atoms with Crippen molar-refractivity contribution in [3.8, 4) is 22.3 Å². The Hall–Kier alpha value is -5.60. The van der Waals surface area contributed by atoms with Crippen molar-refractivity contribution in [2.45, 2.75) is 19.3 Å². The summed E-state index contributed by atoms with van der Waals surface area (Å²) in [6, 6.07) is 54.8. The van der Waals surface area contributed by atoms with Gasteiger partial charge in [-0.3, -0.25) is 0 Å². The fraction of sp³-hybridized carbons (Fsp3) is 0.0698. The first-order chi connectivity index (χ1) is 22.1. The van der Waals surface area contributed by atoms with Crippen LogP contribution in [0.25, 0.3) is 55.0 Å². The molecule has 0 spiro atoms. The van der Waals surface area contributed by atoms with Gasteiger partial charge in [0.2, 0.25) is 0 Å². The molecule has 0 fully saturated rings. The van der Waals surface area contributed by atoms with Crippen molar-refractivity contribution >= 4 is 49.8 Å². The van der Waals surface area contributed by atoms with E-state index in [0.717, 1.165) is 38.7 Å². The molecule has 9 rings (SSSR count). The summed E-state index contributed by atoms with van der Waals surface area (Å²) in [5.74, 6) is 0. The van der Waals surface area contributed by atoms with Crippen LogP contribution in [0.3, 0.4) is 0 Å². The van der Waals surface area contributed by atoms with Gasteiger partial charge in [0.25, 0.3) is 0 Å². The van der Waals surface area contributed by atoms with Crippen molar-refractivity contribution in [1.82, 2.24) is 0 Å². The third kappa shape index (κ3) is 3.96. The van der Waals surface area contributed by atoms with Gasteiger partial charge in [-0.05, 0) is 87.1 Å². The molecule has 214 valence electrons. The molecule has 0 radical (unpaired) electrons. The highest BCUT2D eigenvalue weighted by Gasteiger charge is 2.37. The molecular weight excluding hydrogens is 546 g/mol. The van der Waals surface area contributed by atoms with Crippen LogP contribution in [0.2, 0.25) is 0 Å². The lowest BCUT2D eigenvalue weighted by Crippen LogP contribution is -2.16. The summed E-state index contributed by atoms with van der Waals surface area (Å²) in [5, 5.41) is 4.65. The standard InChI is InChI=1S/C43H31NO/c1-43(2)37-18-8-6-17-35(37)42-38(43)19-11-20-39(42)44(32-15-10-14-29(24-32)28-12-4-3-5-13-28)33-23-22-30-26-36-34-16-7-9-21-40(34)45-41(36)27-31(30)25-33/h3-27H,1-2H3. The average Bonchev–Trinajstić information content (AvgIpc) is 3.56. The molecule has 0 amide bonds. The summed E-state index contributed by atoms with van der Waals surface area (Å²) < 4.78 is 6.30. The Morgan fingerprint density at radius 1 is 0.489 bits per heavy atom. The summed E-state index contributed by atoms with van der Waals surface area (Å²) >= 11 is 0. The number of hydrogen-bond acceptors (Lipinski definition) is 2. The van der Waals surface area contributed by atoms with Crippen molar-refractivity contribution in [2.75, 3.05) is 4.90 Å². The highest BCUT2D eigenvalue weighted by Crippen LogP contribution is 2.54. The van der Waals surface area contributed by atoms with Gasteiger partial charge in [-0.2, -0.15) is 0 Å². The number of furan rings is 1. The minimum absolute atomic E-state index is 0.0875. The molecule has 1 aliphatic carbocycles. The second-order valence-corrected chi connectivity index (χ2v) is 12.6. The smallest absolute Gasteiger partial charge is 0.136 e. The van der Waals surface area contributed by atoms with E-state index in [0.29, 0.717) is 0 Å². The first kappa shape index (κ1) is 25.9. The predicted octanol–water partition coefficient (Wildman–Crippen LogP) is 12.2. The maximum atomic E-state index is 6.30. The molecule has 45 heavy (non-hydrogen) atoms. The number of nitrogens with zero attached hydrogens (tertiary/aromatic N) is 1. The zero-order chi connectivity index (χ0) is 30.1. The second-order valence-electron chi connectivity index (χ2n) is 12.6. The van der Waals surface area contributed by atoms with Crippen LogP contribution in [-0.4, -0.2) is 0 Å². The van der Waals surface area contributed by atoms with Crippen LogP contribution >= 0.6 is 0 Å². The van der Waals surface area contributed by atoms with Gasteiger partial charge in [-0.15, -0.1) is 0 Å². The van der Waals surface area contributed by atoms with Gasteiger partial charge in [0.15, 0.2) is 0 Å². The van der Waals surface area contributed by atoms with Crippen molar-refractivity contribution < 1.29 is 4.42 Å². The normalized spacial score (nSPS) is 13.3. The van der Waals surface area contributed by atoms with E-state index in [1.807, 2.05) is 12.1 Å². The first-order valence-electron chi connectivity index (χ1n) is 15.6. The van der Waals surface area contributed by atoms with Gasteiger partial charge >= 0.3 is 0 Å². The molecular formula is C43H31NO. The summed E-state index contributed by atoms with van der Waals surface area (Å²) in [6.07, 6.45) is 0. The van der Waals surface area contributed by atoms with Crippen LogP contribution < -0.4 is 4.90 Å². The minimum atomic E-state index is -0.0875. The van der Waals surface area contributed by atoms with Gasteiger partial charge in [-0.1, -0.05) is 117 Å². The van der Waals surface area contributed by atoms with E-state index in [1.165, 1.54) is 44.5 Å². The van der Waals surface area contributed by atoms with E-state index >= 15 is 0 Å². The fourth-order valence-corrected chi connectivity index (χ4v) is 7.40. The van der Waals surface area contributed by atoms with E-state index in [1.54, 1.807) is 0 Å². The number of para-hydroxylation sites is 1. The Labute approximate surface area is 262 Å². The zero-order valence-electron chi connectivity index (χ0n) is 25.3. The van der Waals surface area contributed by atoms with Crippen molar-refractivity contribution in [3.05, 3.63) is 163 Å². The van der Waals surface area contributed by atoms with E-state index in [4.69, 9.17) is 4.42 Å². The molecule has 1 aromatic heterocycles. The quantitative estimate of drug-likeness (QED) is 0.207. The molecule has 1 aliphatic rings. The van der Waals surface area contributed by atoms with Crippen molar-refractivity contribution in [3.63, 3.8) is 0 Å². The molecule has 0 atom stereocenters. The topological polar surface area (TPSA) is 16.4 Å². The van der Waals surface area contributed by atoms with Crippen LogP contribution in [0.15, 0.2) is 156 Å². The van der Waals surface area contributed by atoms with Crippen molar-refractivity contribution in [2.24, 2.45) is 0 Å². The highest BCUT2D eigenvalue weighted by molar-refractivity contribution is 6.10. The van der Waals surface area contributed by atoms with Gasteiger partial charge in [0, 0.05) is 33.1 Å². The largest absolute Gasteiger partial charge is 0.456 e. The van der Waals surface area contributed by atoms with E-state index in [2.05, 4.69) is 158 Å². The van der Waals surface area contributed by atoms with Crippen LogP contribution in [0.5, 0.6) is 0 Å². The fourth-order valence-electron chi connectivity index (χ4n) is 7.40. The lowest BCUT2D eigenvalue weighted by Gasteiger charge is -2.29. The zero-order valence-corrected chi connectivity index (χ0v) is 25.3. The van der Waals surface area contributed by atoms with Crippen LogP contribution in [0.1, 0.15) is 25.0 Å². The molecule has 0 unspecified atom stereocenters. The van der Waals surface area contributed by atoms with Gasteiger partial charge in [0.1, 0.15) is 11.2 Å². The Bertz CT molecular complexity index is 2410. The summed E-state index contributed by atoms with van der Waals surface area (Å²) in [6.45, 7) is 4.69. The molecule has 8 aromatic rings. The number of benzene rings is 7. The van der Waals surface area contributed by atoms with Crippen LogP contribution in [-0.2, 0) is 5.41 Å². The predicted molar refractivity (Wildman–Crippen MR) is 189 cm³/mol. The lowest BCUT2D eigenvalue weighted by molar-refractivity contribution is 0.660. The number of anilines is 3. The molecule has 0 N–H and O–H groups in total. The molecule has 0 saturated heterocycles. The van der Waals surface area contributed by atoms with Gasteiger partial charge in [0.05, 0.1) is 5.69 Å². The first-order valence-corrected chi connectivity index (χ1v) is 15.6. The SMILES string of the molecule is CC1(C)c2ccccc2-c2c(N(c3cccc(-c4ccccc4)c3)c3ccc4cc5c(cc4c3)oc3ccccc35)cccc21. The third-order valence-electron chi connectivity index (χ3n) is 9.62. The van der Waals surface area contributed by atoms with Gasteiger partial charge < -0.3 is 9.32 Å². The summed E-state index contributed by atoms with van der Waals surface area (Å²) in [5.41, 5.74) is 12.9.